The zero-order chi connectivity index (χ0) is 29.0. The van der Waals surface area contributed by atoms with Crippen molar-refractivity contribution in [2.75, 3.05) is 25.6 Å². The summed E-state index contributed by atoms with van der Waals surface area (Å²) in [6.45, 7) is 16.3. The number of halogens is 5. The van der Waals surface area contributed by atoms with Crippen LogP contribution in [-0.4, -0.2) is 45.8 Å². The third-order valence-electron chi connectivity index (χ3n) is 5.23. The van der Waals surface area contributed by atoms with Gasteiger partial charge in [0.1, 0.15) is 11.5 Å². The fourth-order valence-corrected chi connectivity index (χ4v) is 3.57. The van der Waals surface area contributed by atoms with Gasteiger partial charge in [-0.2, -0.15) is 8.78 Å². The van der Waals surface area contributed by atoms with E-state index >= 15 is 0 Å². The number of alkyl halides is 4. The van der Waals surface area contributed by atoms with Gasteiger partial charge in [-0.25, -0.2) is 18.7 Å². The van der Waals surface area contributed by atoms with Crippen LogP contribution < -0.4 is 10.6 Å². The van der Waals surface area contributed by atoms with Crippen molar-refractivity contribution in [3.63, 3.8) is 0 Å². The van der Waals surface area contributed by atoms with E-state index in [0.29, 0.717) is 31.5 Å². The Morgan fingerprint density at radius 3 is 2.42 bits per heavy atom. The third kappa shape index (κ3) is 8.46. The van der Waals surface area contributed by atoms with Gasteiger partial charge >= 0.3 is 0 Å². The summed E-state index contributed by atoms with van der Waals surface area (Å²) in [4.78, 5) is 9.44. The second-order valence-corrected chi connectivity index (χ2v) is 8.06. The number of anilines is 1. The fourth-order valence-electron chi connectivity index (χ4n) is 3.57. The van der Waals surface area contributed by atoms with Crippen LogP contribution in [-0.2, 0) is 12.5 Å². The fraction of sp³-hybridized carbons (Fsp3) is 0.407. The molecule has 2 heterocycles. The minimum atomic E-state index is -3.20. The molecule has 3 rings (SSSR count). The Bertz CT molecular complexity index is 1190. The van der Waals surface area contributed by atoms with Crippen LogP contribution in [0.15, 0.2) is 55.5 Å². The van der Waals surface area contributed by atoms with E-state index in [1.54, 1.807) is 31.3 Å². The molecule has 0 amide bonds. The summed E-state index contributed by atoms with van der Waals surface area (Å²) in [5.41, 5.74) is 1.32. The van der Waals surface area contributed by atoms with Crippen LogP contribution in [0.5, 0.6) is 0 Å². The Balaban J connectivity index is 0.00000172. The van der Waals surface area contributed by atoms with E-state index in [-0.39, 0.29) is 29.4 Å². The summed E-state index contributed by atoms with van der Waals surface area (Å²) in [6, 6.07) is 6.21. The lowest BCUT2D eigenvalue weighted by molar-refractivity contribution is 0.0129. The third-order valence-corrected chi connectivity index (χ3v) is 5.23. The van der Waals surface area contributed by atoms with Crippen LogP contribution in [0.1, 0.15) is 51.6 Å². The van der Waals surface area contributed by atoms with Gasteiger partial charge in [-0.15, -0.1) is 0 Å². The van der Waals surface area contributed by atoms with Crippen LogP contribution >= 0.6 is 0 Å². The highest BCUT2D eigenvalue weighted by molar-refractivity contribution is 5.65. The largest absolute Gasteiger partial charge is 0.381 e. The molecule has 0 saturated carbocycles. The summed E-state index contributed by atoms with van der Waals surface area (Å²) in [5, 5.41) is 5.92. The Morgan fingerprint density at radius 1 is 1.21 bits per heavy atom. The lowest BCUT2D eigenvalue weighted by Crippen LogP contribution is -2.32. The molecule has 11 heteroatoms. The molecule has 1 atom stereocenters. The van der Waals surface area contributed by atoms with Gasteiger partial charge in [0.25, 0.3) is 5.92 Å². The number of imidazole rings is 1. The number of hydrogen-bond donors (Lipinski definition) is 2. The number of fused-ring (bicyclic) bond motifs is 1. The Morgan fingerprint density at radius 2 is 1.87 bits per heavy atom. The van der Waals surface area contributed by atoms with E-state index in [2.05, 4.69) is 33.8 Å². The molecule has 210 valence electrons. The lowest BCUT2D eigenvalue weighted by Gasteiger charge is -2.26. The number of nitrogens with zero attached hydrogens (tertiary/aromatic N) is 4. The Hall–Kier alpha value is -3.63. The van der Waals surface area contributed by atoms with E-state index in [4.69, 9.17) is 0 Å². The predicted molar refractivity (Wildman–Crippen MR) is 144 cm³/mol. The van der Waals surface area contributed by atoms with Gasteiger partial charge < -0.3 is 15.5 Å². The lowest BCUT2D eigenvalue weighted by atomic mass is 10.1. The maximum Gasteiger partial charge on any atom is 0.289 e. The number of hydrogen-bond acceptors (Lipinski definition) is 5. The molecule has 2 aromatic heterocycles. The zero-order valence-electron chi connectivity index (χ0n) is 22.8. The highest BCUT2D eigenvalue weighted by Gasteiger charge is 2.33. The predicted octanol–water partition coefficient (Wildman–Crippen LogP) is 6.92. The minimum Gasteiger partial charge on any atom is -0.381 e. The quantitative estimate of drug-likeness (QED) is 0.204. The van der Waals surface area contributed by atoms with Crippen molar-refractivity contribution in [1.29, 1.82) is 0 Å². The zero-order valence-corrected chi connectivity index (χ0v) is 22.8. The van der Waals surface area contributed by atoms with Gasteiger partial charge in [0.15, 0.2) is 6.30 Å². The molecule has 0 aliphatic heterocycles. The molecule has 0 fully saturated rings. The maximum atomic E-state index is 14.6. The molecule has 3 aromatic rings. The van der Waals surface area contributed by atoms with Crippen LogP contribution in [0.3, 0.4) is 0 Å². The smallest absolute Gasteiger partial charge is 0.289 e. The van der Waals surface area contributed by atoms with E-state index in [1.807, 2.05) is 13.8 Å². The Labute approximate surface area is 221 Å². The molecule has 1 unspecified atom stereocenters. The van der Waals surface area contributed by atoms with Crippen LogP contribution in [0.25, 0.3) is 11.5 Å². The summed E-state index contributed by atoms with van der Waals surface area (Å²) in [5.74, 6) is -3.56. The molecule has 38 heavy (non-hydrogen) atoms. The SMILES string of the molecule is C=C(NCc1ccc(NCCN(C(=C)C)C(C)F)c(F)c1)c1c(C(C)(F)F)nc2ncccn12.CC.CF. The molecule has 0 bridgehead atoms. The molecule has 0 aliphatic rings. The van der Waals surface area contributed by atoms with E-state index < -0.39 is 23.7 Å². The standard InChI is InChI=1S/C24H28F4N6.C2H6.CH3F/c1-15(2)33(17(4)25)12-10-29-20-8-7-18(13-19(20)26)14-31-16(3)21-22(24(5,27)28)32-23-30-9-6-11-34(21)23;2*1-2/h6-9,11,13,17,29,31H,1,3,10,12,14H2,2,4-5H3;1-2H3;1H3. The normalized spacial score (nSPS) is 11.4. The van der Waals surface area contributed by atoms with Gasteiger partial charge in [0.2, 0.25) is 5.78 Å². The van der Waals surface area contributed by atoms with Crippen molar-refractivity contribution in [2.45, 2.75) is 53.4 Å². The van der Waals surface area contributed by atoms with Gasteiger partial charge in [0.05, 0.1) is 24.3 Å². The van der Waals surface area contributed by atoms with Crippen molar-refractivity contribution in [3.8, 4) is 0 Å². The number of nitrogens with one attached hydrogen (secondary N) is 2. The first kappa shape index (κ1) is 32.4. The molecule has 1 aromatic carbocycles. The van der Waals surface area contributed by atoms with Crippen molar-refractivity contribution < 1.29 is 22.0 Å². The van der Waals surface area contributed by atoms with Gasteiger partial charge in [-0.05, 0) is 37.6 Å². The molecular weight excluding hydrogens is 503 g/mol. The molecule has 0 aliphatic carbocycles. The first-order chi connectivity index (χ1) is 18.0. The number of rotatable bonds is 11. The summed E-state index contributed by atoms with van der Waals surface area (Å²) in [7, 11) is 0.500. The number of allylic oxidation sites excluding steroid dienone is 1. The molecule has 0 spiro atoms. The van der Waals surface area contributed by atoms with Crippen LogP contribution in [0, 0.1) is 5.82 Å². The number of aromatic nitrogens is 3. The minimum absolute atomic E-state index is 0.110. The van der Waals surface area contributed by atoms with E-state index in [1.165, 1.54) is 28.5 Å². The second kappa shape index (κ2) is 14.9. The van der Waals surface area contributed by atoms with Crippen molar-refractivity contribution in [3.05, 3.63) is 78.3 Å². The van der Waals surface area contributed by atoms with Gasteiger partial charge in [0, 0.05) is 44.6 Å². The van der Waals surface area contributed by atoms with Crippen LogP contribution in [0.2, 0.25) is 0 Å². The molecule has 6 nitrogen and oxygen atoms in total. The highest BCUT2D eigenvalue weighted by atomic mass is 19.3. The van der Waals surface area contributed by atoms with E-state index in [9.17, 15) is 22.0 Å². The average Bonchev–Trinajstić information content (AvgIpc) is 3.28. The van der Waals surface area contributed by atoms with Crippen molar-refractivity contribution in [2.24, 2.45) is 0 Å². The number of benzene rings is 1. The first-order valence-electron chi connectivity index (χ1n) is 12.1. The van der Waals surface area contributed by atoms with Crippen molar-refractivity contribution >= 4 is 17.2 Å². The monoisotopic (exact) mass is 540 g/mol. The summed E-state index contributed by atoms with van der Waals surface area (Å²) in [6.07, 6.45) is 1.85. The average molecular weight is 541 g/mol. The summed E-state index contributed by atoms with van der Waals surface area (Å²) >= 11 is 0. The van der Waals surface area contributed by atoms with Crippen molar-refractivity contribution in [1.82, 2.24) is 24.6 Å². The highest BCUT2D eigenvalue weighted by Crippen LogP contribution is 2.32. The Kier molecular flexibility index (Phi) is 12.7. The molecule has 2 N–H and O–H groups in total. The second-order valence-electron chi connectivity index (χ2n) is 8.06. The van der Waals surface area contributed by atoms with E-state index in [0.717, 1.165) is 6.92 Å². The molecule has 0 radical (unpaired) electrons. The van der Waals surface area contributed by atoms with Gasteiger partial charge in [-0.1, -0.05) is 33.1 Å². The van der Waals surface area contributed by atoms with Crippen LogP contribution in [0.4, 0.5) is 27.6 Å². The summed E-state index contributed by atoms with van der Waals surface area (Å²) < 4.78 is 67.4. The first-order valence-corrected chi connectivity index (χ1v) is 12.1. The molecular formula is C27H37F5N6. The topological polar surface area (TPSA) is 57.5 Å². The molecule has 0 saturated heterocycles. The van der Waals surface area contributed by atoms with Gasteiger partial charge in [-0.3, -0.25) is 8.79 Å². The maximum absolute atomic E-state index is 14.6.